The van der Waals surface area contributed by atoms with Gasteiger partial charge in [0.2, 0.25) is 0 Å². The largest absolute Gasteiger partial charge is 0.382 e. The highest BCUT2D eigenvalue weighted by molar-refractivity contribution is 7.18. The molecule has 6 heteroatoms. The van der Waals surface area contributed by atoms with E-state index in [0.29, 0.717) is 17.2 Å². The lowest BCUT2D eigenvalue weighted by atomic mass is 9.90. The van der Waals surface area contributed by atoms with Crippen molar-refractivity contribution in [2.45, 2.75) is 40.0 Å². The number of aromatic nitrogens is 1. The summed E-state index contributed by atoms with van der Waals surface area (Å²) in [6.07, 6.45) is 3.39. The minimum Gasteiger partial charge on any atom is -0.382 e. The Balaban J connectivity index is 2.02. The van der Waals surface area contributed by atoms with Crippen molar-refractivity contribution >= 4 is 28.2 Å². The average molecular weight is 296 g/mol. The molecule has 0 radical (unpaired) electrons. The molecule has 0 atom stereocenters. The first-order valence-electron chi connectivity index (χ1n) is 7.22. The van der Waals surface area contributed by atoms with Crippen LogP contribution in [0.25, 0.3) is 0 Å². The smallest absolute Gasteiger partial charge is 0.265 e. The van der Waals surface area contributed by atoms with Crippen molar-refractivity contribution < 1.29 is 4.79 Å². The minimum absolute atomic E-state index is 0.104. The minimum atomic E-state index is -0.105. The molecule has 0 unspecified atom stereocenters. The highest BCUT2D eigenvalue weighted by Gasteiger charge is 2.23. The molecule has 20 heavy (non-hydrogen) atoms. The van der Waals surface area contributed by atoms with Gasteiger partial charge in [-0.05, 0) is 24.7 Å². The van der Waals surface area contributed by atoms with Crippen LogP contribution < -0.4 is 16.0 Å². The second-order valence-corrected chi connectivity index (χ2v) is 7.08. The van der Waals surface area contributed by atoms with E-state index in [0.717, 1.165) is 24.6 Å². The van der Waals surface area contributed by atoms with Crippen molar-refractivity contribution in [3.05, 3.63) is 4.88 Å². The Morgan fingerprint density at radius 2 is 2.10 bits per heavy atom. The third kappa shape index (κ3) is 3.42. The maximum absolute atomic E-state index is 12.2. The van der Waals surface area contributed by atoms with Gasteiger partial charge in [0.05, 0.1) is 0 Å². The fourth-order valence-electron chi connectivity index (χ4n) is 2.05. The monoisotopic (exact) mass is 296 g/mol. The van der Waals surface area contributed by atoms with Crippen LogP contribution in [0.4, 0.5) is 10.9 Å². The molecule has 0 spiro atoms. The Morgan fingerprint density at radius 1 is 1.45 bits per heavy atom. The normalized spacial score (nSPS) is 15.7. The molecular weight excluding hydrogens is 272 g/mol. The lowest BCUT2D eigenvalue weighted by Gasteiger charge is -2.22. The zero-order valence-electron chi connectivity index (χ0n) is 12.5. The molecule has 1 saturated heterocycles. The molecule has 2 heterocycles. The number of carbonyl (C=O) groups excluding carboxylic acids is 1. The van der Waals surface area contributed by atoms with Crippen LogP contribution in [0, 0.1) is 5.41 Å². The molecule has 0 aliphatic carbocycles. The van der Waals surface area contributed by atoms with Gasteiger partial charge >= 0.3 is 0 Å². The van der Waals surface area contributed by atoms with E-state index in [4.69, 9.17) is 5.73 Å². The zero-order chi connectivity index (χ0) is 14.8. The standard InChI is InChI=1S/C14H24N4OS/c1-4-14(2,3)9-16-12(19)10-11(15)17-13(20-10)18-7-5-6-8-18/h4-9,15H2,1-3H3,(H,16,19). The summed E-state index contributed by atoms with van der Waals surface area (Å²) < 4.78 is 0. The van der Waals surface area contributed by atoms with E-state index in [-0.39, 0.29) is 11.3 Å². The van der Waals surface area contributed by atoms with E-state index >= 15 is 0 Å². The third-order valence-corrected chi connectivity index (χ3v) is 5.04. The number of rotatable bonds is 5. The Labute approximate surface area is 124 Å². The molecule has 0 bridgehead atoms. The van der Waals surface area contributed by atoms with E-state index in [1.165, 1.54) is 24.2 Å². The average Bonchev–Trinajstić information content (AvgIpc) is 3.05. The first-order valence-corrected chi connectivity index (χ1v) is 8.04. The highest BCUT2D eigenvalue weighted by atomic mass is 32.1. The quantitative estimate of drug-likeness (QED) is 0.875. The molecule has 2 rings (SSSR count). The SMILES string of the molecule is CCC(C)(C)CNC(=O)c1sc(N2CCCC2)nc1N. The second-order valence-electron chi connectivity index (χ2n) is 6.11. The summed E-state index contributed by atoms with van der Waals surface area (Å²) in [7, 11) is 0. The van der Waals surface area contributed by atoms with Crippen LogP contribution in [0.15, 0.2) is 0 Å². The maximum atomic E-state index is 12.2. The molecule has 5 nitrogen and oxygen atoms in total. The van der Waals surface area contributed by atoms with Crippen LogP contribution >= 0.6 is 11.3 Å². The summed E-state index contributed by atoms with van der Waals surface area (Å²) in [6.45, 7) is 9.07. The van der Waals surface area contributed by atoms with E-state index in [1.54, 1.807) is 0 Å². The fourth-order valence-corrected chi connectivity index (χ4v) is 3.00. The molecule has 3 N–H and O–H groups in total. The van der Waals surface area contributed by atoms with Gasteiger partial charge < -0.3 is 16.0 Å². The highest BCUT2D eigenvalue weighted by Crippen LogP contribution is 2.30. The summed E-state index contributed by atoms with van der Waals surface area (Å²) in [5.74, 6) is 0.246. The van der Waals surface area contributed by atoms with Gasteiger partial charge in [-0.3, -0.25) is 4.79 Å². The van der Waals surface area contributed by atoms with Crippen molar-refractivity contribution in [2.24, 2.45) is 5.41 Å². The van der Waals surface area contributed by atoms with Crippen LogP contribution in [-0.2, 0) is 0 Å². The van der Waals surface area contributed by atoms with Gasteiger partial charge in [-0.1, -0.05) is 32.1 Å². The van der Waals surface area contributed by atoms with Gasteiger partial charge in [-0.15, -0.1) is 0 Å². The fraction of sp³-hybridized carbons (Fsp3) is 0.714. The molecular formula is C14H24N4OS. The van der Waals surface area contributed by atoms with Crippen LogP contribution in [0.3, 0.4) is 0 Å². The number of thiazole rings is 1. The second kappa shape index (κ2) is 5.99. The summed E-state index contributed by atoms with van der Waals surface area (Å²) in [5.41, 5.74) is 6.00. The summed E-state index contributed by atoms with van der Waals surface area (Å²) >= 11 is 1.40. The Bertz CT molecular complexity index is 478. The predicted molar refractivity (Wildman–Crippen MR) is 84.4 cm³/mol. The number of nitrogens with one attached hydrogen (secondary N) is 1. The molecule has 1 aromatic heterocycles. The Kier molecular flexibility index (Phi) is 4.52. The van der Waals surface area contributed by atoms with E-state index in [1.807, 2.05) is 0 Å². The first-order chi connectivity index (χ1) is 9.43. The third-order valence-electron chi connectivity index (χ3n) is 3.91. The van der Waals surface area contributed by atoms with Gasteiger partial charge in [0.1, 0.15) is 10.7 Å². The maximum Gasteiger partial charge on any atom is 0.265 e. The number of amides is 1. The van der Waals surface area contributed by atoms with Crippen LogP contribution in [0.2, 0.25) is 0 Å². The first kappa shape index (κ1) is 15.1. The Morgan fingerprint density at radius 3 is 2.70 bits per heavy atom. The van der Waals surface area contributed by atoms with E-state index < -0.39 is 0 Å². The van der Waals surface area contributed by atoms with Gasteiger partial charge in [-0.25, -0.2) is 4.98 Å². The number of nitrogens with zero attached hydrogens (tertiary/aromatic N) is 2. The predicted octanol–water partition coefficient (Wildman–Crippen LogP) is 2.49. The number of hydrogen-bond acceptors (Lipinski definition) is 5. The summed E-state index contributed by atoms with van der Waals surface area (Å²) in [6, 6.07) is 0. The lowest BCUT2D eigenvalue weighted by molar-refractivity contribution is 0.0940. The molecule has 0 saturated carbocycles. The number of nitrogens with two attached hydrogens (primary N) is 1. The number of nitrogen functional groups attached to an aromatic ring is 1. The molecule has 1 amide bonds. The molecule has 112 valence electrons. The van der Waals surface area contributed by atoms with Crippen molar-refractivity contribution in [1.29, 1.82) is 0 Å². The van der Waals surface area contributed by atoms with E-state index in [2.05, 4.69) is 36.0 Å². The van der Waals surface area contributed by atoms with Crippen LogP contribution in [-0.4, -0.2) is 30.5 Å². The molecule has 1 aliphatic heterocycles. The van der Waals surface area contributed by atoms with Crippen molar-refractivity contribution in [2.75, 3.05) is 30.3 Å². The molecule has 1 aromatic rings. The van der Waals surface area contributed by atoms with Gasteiger partial charge in [-0.2, -0.15) is 0 Å². The molecule has 1 fully saturated rings. The Hall–Kier alpha value is -1.30. The van der Waals surface area contributed by atoms with Crippen molar-refractivity contribution in [1.82, 2.24) is 10.3 Å². The van der Waals surface area contributed by atoms with Crippen LogP contribution in [0.1, 0.15) is 49.7 Å². The number of hydrogen-bond donors (Lipinski definition) is 2. The van der Waals surface area contributed by atoms with Crippen molar-refractivity contribution in [3.63, 3.8) is 0 Å². The summed E-state index contributed by atoms with van der Waals surface area (Å²) in [5, 5.41) is 3.84. The van der Waals surface area contributed by atoms with Gasteiger partial charge in [0.15, 0.2) is 5.13 Å². The van der Waals surface area contributed by atoms with E-state index in [9.17, 15) is 4.79 Å². The molecule has 0 aromatic carbocycles. The van der Waals surface area contributed by atoms with Gasteiger partial charge in [0, 0.05) is 19.6 Å². The number of carbonyl (C=O) groups is 1. The zero-order valence-corrected chi connectivity index (χ0v) is 13.3. The summed E-state index contributed by atoms with van der Waals surface area (Å²) in [4.78, 5) is 19.3. The van der Waals surface area contributed by atoms with Crippen LogP contribution in [0.5, 0.6) is 0 Å². The lowest BCUT2D eigenvalue weighted by Crippen LogP contribution is -2.33. The van der Waals surface area contributed by atoms with Crippen molar-refractivity contribution in [3.8, 4) is 0 Å². The van der Waals surface area contributed by atoms with Gasteiger partial charge in [0.25, 0.3) is 5.91 Å². The topological polar surface area (TPSA) is 71.2 Å². The molecule has 1 aliphatic rings. The number of anilines is 2.